The number of hydrogen-bond acceptors (Lipinski definition) is 7. The number of ether oxygens (including phenoxy) is 1. The van der Waals surface area contributed by atoms with E-state index in [0.29, 0.717) is 25.8 Å². The first-order chi connectivity index (χ1) is 12.2. The van der Waals surface area contributed by atoms with Crippen molar-refractivity contribution in [2.45, 2.75) is 4.34 Å². The number of halogens is 1. The van der Waals surface area contributed by atoms with E-state index < -0.39 is 0 Å². The Bertz CT molecular complexity index is 886. The van der Waals surface area contributed by atoms with E-state index in [1.54, 1.807) is 31.4 Å². The Morgan fingerprint density at radius 1 is 1.24 bits per heavy atom. The maximum absolute atomic E-state index is 12.4. The van der Waals surface area contributed by atoms with Gasteiger partial charge in [0.25, 0.3) is 0 Å². The molecule has 0 aliphatic carbocycles. The molecule has 0 radical (unpaired) electrons. The van der Waals surface area contributed by atoms with Crippen LogP contribution in [0.25, 0.3) is 0 Å². The van der Waals surface area contributed by atoms with Crippen LogP contribution >= 0.6 is 34.7 Å². The minimum Gasteiger partial charge on any atom is -0.496 e. The quantitative estimate of drug-likeness (QED) is 0.455. The van der Waals surface area contributed by atoms with Crippen LogP contribution in [0.2, 0.25) is 5.02 Å². The molecule has 0 fully saturated rings. The maximum Gasteiger partial charge on any atom is 0.210 e. The van der Waals surface area contributed by atoms with Gasteiger partial charge in [-0.05, 0) is 30.3 Å². The molecule has 1 heterocycles. The second-order valence-corrected chi connectivity index (χ2v) is 7.56. The first kappa shape index (κ1) is 17.7. The Morgan fingerprint density at radius 2 is 2.08 bits per heavy atom. The number of nitrogens with zero attached hydrogens (tertiary/aromatic N) is 2. The van der Waals surface area contributed by atoms with Crippen LogP contribution in [-0.4, -0.2) is 28.8 Å². The fourth-order valence-corrected chi connectivity index (χ4v) is 3.93. The Labute approximate surface area is 158 Å². The first-order valence-electron chi connectivity index (χ1n) is 7.31. The number of nitrogens with one attached hydrogen (secondary N) is 1. The van der Waals surface area contributed by atoms with Crippen LogP contribution in [0.15, 0.2) is 52.9 Å². The van der Waals surface area contributed by atoms with Gasteiger partial charge < -0.3 is 10.1 Å². The SMILES string of the molecule is COc1ccccc1C(=O)CSc1nnc(Nc2cccc(Cl)c2)s1. The zero-order chi connectivity index (χ0) is 17.6. The average molecular weight is 392 g/mol. The molecule has 0 saturated heterocycles. The molecule has 0 aliphatic rings. The van der Waals surface area contributed by atoms with Gasteiger partial charge in [-0.15, -0.1) is 10.2 Å². The third kappa shape index (κ3) is 4.72. The fraction of sp³-hybridized carbons (Fsp3) is 0.118. The summed E-state index contributed by atoms with van der Waals surface area (Å²) in [7, 11) is 1.55. The molecular formula is C17H14ClN3O2S2. The molecule has 25 heavy (non-hydrogen) atoms. The average Bonchev–Trinajstić information content (AvgIpc) is 3.07. The van der Waals surface area contributed by atoms with E-state index in [2.05, 4.69) is 15.5 Å². The molecule has 8 heteroatoms. The van der Waals surface area contributed by atoms with Crippen molar-refractivity contribution >= 4 is 51.3 Å². The van der Waals surface area contributed by atoms with Gasteiger partial charge in [-0.2, -0.15) is 0 Å². The predicted octanol–water partition coefficient (Wildman–Crippen LogP) is 4.92. The third-order valence-corrected chi connectivity index (χ3v) is 5.42. The van der Waals surface area contributed by atoms with Gasteiger partial charge in [0.2, 0.25) is 5.13 Å². The van der Waals surface area contributed by atoms with Gasteiger partial charge >= 0.3 is 0 Å². The Hall–Kier alpha value is -2.09. The molecule has 3 rings (SSSR count). The van der Waals surface area contributed by atoms with Crippen LogP contribution in [0.3, 0.4) is 0 Å². The lowest BCUT2D eigenvalue weighted by molar-refractivity contribution is 0.101. The van der Waals surface area contributed by atoms with Crippen molar-refractivity contribution in [3.8, 4) is 5.75 Å². The molecule has 0 unspecified atom stereocenters. The summed E-state index contributed by atoms with van der Waals surface area (Å²) in [6, 6.07) is 14.5. The van der Waals surface area contributed by atoms with Crippen LogP contribution in [0.1, 0.15) is 10.4 Å². The maximum atomic E-state index is 12.4. The van der Waals surface area contributed by atoms with Crippen LogP contribution in [0.5, 0.6) is 5.75 Å². The van der Waals surface area contributed by atoms with E-state index in [-0.39, 0.29) is 11.5 Å². The zero-order valence-corrected chi connectivity index (χ0v) is 15.6. The minimum atomic E-state index is -0.0120. The highest BCUT2D eigenvalue weighted by Gasteiger charge is 2.13. The number of carbonyl (C=O) groups excluding carboxylic acids is 1. The zero-order valence-electron chi connectivity index (χ0n) is 13.2. The van der Waals surface area contributed by atoms with Gasteiger partial charge in [0, 0.05) is 10.7 Å². The number of para-hydroxylation sites is 1. The molecule has 0 spiro atoms. The van der Waals surface area contributed by atoms with E-state index in [1.807, 2.05) is 24.3 Å². The fourth-order valence-electron chi connectivity index (χ4n) is 2.09. The molecule has 3 aromatic rings. The Morgan fingerprint density at radius 3 is 2.88 bits per heavy atom. The van der Waals surface area contributed by atoms with Crippen molar-refractivity contribution in [2.75, 3.05) is 18.2 Å². The number of methoxy groups -OCH3 is 1. The van der Waals surface area contributed by atoms with Gasteiger partial charge in [0.1, 0.15) is 5.75 Å². The number of hydrogen-bond donors (Lipinski definition) is 1. The summed E-state index contributed by atoms with van der Waals surface area (Å²) in [6.45, 7) is 0. The highest BCUT2D eigenvalue weighted by atomic mass is 35.5. The smallest absolute Gasteiger partial charge is 0.210 e. The van der Waals surface area contributed by atoms with Crippen molar-refractivity contribution in [1.29, 1.82) is 0 Å². The lowest BCUT2D eigenvalue weighted by Crippen LogP contribution is -2.04. The normalized spacial score (nSPS) is 10.5. The van der Waals surface area contributed by atoms with E-state index in [9.17, 15) is 4.79 Å². The number of carbonyl (C=O) groups is 1. The largest absolute Gasteiger partial charge is 0.496 e. The minimum absolute atomic E-state index is 0.0120. The summed E-state index contributed by atoms with van der Waals surface area (Å²) in [5.74, 6) is 0.835. The first-order valence-corrected chi connectivity index (χ1v) is 9.49. The van der Waals surface area contributed by atoms with Gasteiger partial charge in [0.05, 0.1) is 18.4 Å². The van der Waals surface area contributed by atoms with Crippen molar-refractivity contribution in [1.82, 2.24) is 10.2 Å². The Kier molecular flexibility index (Phi) is 5.91. The summed E-state index contributed by atoms with van der Waals surface area (Å²) < 4.78 is 5.94. The molecule has 0 aliphatic heterocycles. The molecule has 0 bridgehead atoms. The lowest BCUT2D eigenvalue weighted by Gasteiger charge is -2.05. The highest BCUT2D eigenvalue weighted by Crippen LogP contribution is 2.29. The number of rotatable bonds is 7. The topological polar surface area (TPSA) is 64.1 Å². The monoisotopic (exact) mass is 391 g/mol. The molecule has 2 aromatic carbocycles. The third-order valence-electron chi connectivity index (χ3n) is 3.22. The van der Waals surface area contributed by atoms with E-state index in [4.69, 9.17) is 16.3 Å². The van der Waals surface area contributed by atoms with Crippen molar-refractivity contribution in [3.05, 3.63) is 59.1 Å². The van der Waals surface area contributed by atoms with Crippen molar-refractivity contribution in [2.24, 2.45) is 0 Å². The van der Waals surface area contributed by atoms with E-state index in [1.165, 1.54) is 23.1 Å². The van der Waals surface area contributed by atoms with Gasteiger partial charge in [-0.25, -0.2) is 0 Å². The number of Topliss-reactive ketones (excluding diaryl/α,β-unsaturated/α-hetero) is 1. The van der Waals surface area contributed by atoms with Gasteiger partial charge in [-0.1, -0.05) is 52.9 Å². The van der Waals surface area contributed by atoms with Crippen LogP contribution in [-0.2, 0) is 0 Å². The molecule has 0 saturated carbocycles. The van der Waals surface area contributed by atoms with E-state index in [0.717, 1.165) is 5.69 Å². The molecule has 0 amide bonds. The summed E-state index contributed by atoms with van der Waals surface area (Å²) in [5.41, 5.74) is 1.41. The Balaban J connectivity index is 1.61. The van der Waals surface area contributed by atoms with Crippen molar-refractivity contribution < 1.29 is 9.53 Å². The molecule has 128 valence electrons. The summed E-state index contributed by atoms with van der Waals surface area (Å²) in [4.78, 5) is 12.4. The van der Waals surface area contributed by atoms with Crippen LogP contribution in [0, 0.1) is 0 Å². The lowest BCUT2D eigenvalue weighted by atomic mass is 10.1. The van der Waals surface area contributed by atoms with Crippen LogP contribution in [0.4, 0.5) is 10.8 Å². The molecule has 5 nitrogen and oxygen atoms in total. The number of ketones is 1. The molecular weight excluding hydrogens is 378 g/mol. The second-order valence-electron chi connectivity index (χ2n) is 4.92. The second kappa shape index (κ2) is 8.33. The van der Waals surface area contributed by atoms with Gasteiger partial charge in [0.15, 0.2) is 10.1 Å². The number of thioether (sulfide) groups is 1. The molecule has 1 N–H and O–H groups in total. The summed E-state index contributed by atoms with van der Waals surface area (Å²) in [5, 5.41) is 12.6. The van der Waals surface area contributed by atoms with Gasteiger partial charge in [-0.3, -0.25) is 4.79 Å². The molecule has 0 atom stereocenters. The van der Waals surface area contributed by atoms with Crippen molar-refractivity contribution in [3.63, 3.8) is 0 Å². The summed E-state index contributed by atoms with van der Waals surface area (Å²) >= 11 is 8.69. The van der Waals surface area contributed by atoms with Crippen LogP contribution < -0.4 is 10.1 Å². The number of benzene rings is 2. The standard InChI is InChI=1S/C17H14ClN3O2S2/c1-23-15-8-3-2-7-13(15)14(22)10-24-17-21-20-16(25-17)19-12-6-4-5-11(18)9-12/h2-9H,10H2,1H3,(H,19,20). The number of aromatic nitrogens is 2. The van der Waals surface area contributed by atoms with E-state index >= 15 is 0 Å². The summed E-state index contributed by atoms with van der Waals surface area (Å²) in [6.07, 6.45) is 0. The number of anilines is 2. The predicted molar refractivity (Wildman–Crippen MR) is 103 cm³/mol. The molecule has 1 aromatic heterocycles. The highest BCUT2D eigenvalue weighted by molar-refractivity contribution is 8.01.